The van der Waals surface area contributed by atoms with Crippen LogP contribution in [0.15, 0.2) is 53.1 Å². The van der Waals surface area contributed by atoms with E-state index in [4.69, 9.17) is 14.0 Å². The van der Waals surface area contributed by atoms with E-state index in [1.54, 1.807) is 14.2 Å². The molecule has 0 unspecified atom stereocenters. The topological polar surface area (TPSA) is 64.7 Å². The summed E-state index contributed by atoms with van der Waals surface area (Å²) in [4.78, 5) is 0. The molecular weight excluding hydrogens is 294 g/mol. The first-order valence-corrected chi connectivity index (χ1v) is 7.16. The van der Waals surface area contributed by atoms with E-state index in [2.05, 4.69) is 5.16 Å². The van der Waals surface area contributed by atoms with E-state index in [9.17, 15) is 5.11 Å². The lowest BCUT2D eigenvalue weighted by molar-refractivity contribution is 0.281. The van der Waals surface area contributed by atoms with E-state index in [1.807, 2.05) is 48.5 Å². The number of methoxy groups -OCH3 is 2. The molecule has 118 valence electrons. The molecule has 0 saturated carbocycles. The van der Waals surface area contributed by atoms with Crippen molar-refractivity contribution in [1.29, 1.82) is 0 Å². The zero-order chi connectivity index (χ0) is 16.2. The van der Waals surface area contributed by atoms with E-state index in [0.717, 1.165) is 5.56 Å². The first kappa shape index (κ1) is 15.1. The lowest BCUT2D eigenvalue weighted by Gasteiger charge is -2.11. The molecule has 23 heavy (non-hydrogen) atoms. The van der Waals surface area contributed by atoms with Gasteiger partial charge in [0.2, 0.25) is 0 Å². The Labute approximate surface area is 134 Å². The number of rotatable bonds is 5. The van der Waals surface area contributed by atoms with E-state index in [1.165, 1.54) is 0 Å². The second-order valence-corrected chi connectivity index (χ2v) is 4.90. The quantitative estimate of drug-likeness (QED) is 0.781. The molecule has 0 fully saturated rings. The second kappa shape index (κ2) is 6.54. The van der Waals surface area contributed by atoms with E-state index >= 15 is 0 Å². The number of benzene rings is 2. The molecule has 1 aromatic heterocycles. The Morgan fingerprint density at radius 2 is 1.61 bits per heavy atom. The monoisotopic (exact) mass is 311 g/mol. The molecule has 0 spiro atoms. The standard InChI is InChI=1S/C18H17NO4/c1-21-14-9-6-10-15(22-2)16(14)17-13(11-20)18(23-19-17)12-7-4-3-5-8-12/h3-10,20H,11H2,1-2H3. The van der Waals surface area contributed by atoms with Crippen LogP contribution in [0.3, 0.4) is 0 Å². The second-order valence-electron chi connectivity index (χ2n) is 4.90. The van der Waals surface area contributed by atoms with Crippen LogP contribution in [0.2, 0.25) is 0 Å². The molecule has 5 heteroatoms. The van der Waals surface area contributed by atoms with Crippen LogP contribution in [0, 0.1) is 0 Å². The van der Waals surface area contributed by atoms with Gasteiger partial charge in [0.1, 0.15) is 17.2 Å². The fourth-order valence-electron chi connectivity index (χ4n) is 2.55. The summed E-state index contributed by atoms with van der Waals surface area (Å²) < 4.78 is 16.3. The highest BCUT2D eigenvalue weighted by molar-refractivity contribution is 5.80. The number of hydrogen-bond donors (Lipinski definition) is 1. The third kappa shape index (κ3) is 2.66. The molecule has 0 aliphatic rings. The molecule has 0 aliphatic carbocycles. The third-order valence-electron chi connectivity index (χ3n) is 3.65. The van der Waals surface area contributed by atoms with Crippen LogP contribution >= 0.6 is 0 Å². The Kier molecular flexibility index (Phi) is 4.30. The number of ether oxygens (including phenoxy) is 2. The summed E-state index contributed by atoms with van der Waals surface area (Å²) in [5, 5.41) is 14.0. The Hall–Kier alpha value is -2.79. The fourth-order valence-corrected chi connectivity index (χ4v) is 2.55. The Balaban J connectivity index is 2.21. The van der Waals surface area contributed by atoms with Crippen molar-refractivity contribution < 1.29 is 19.1 Å². The van der Waals surface area contributed by atoms with Gasteiger partial charge in [0, 0.05) is 5.56 Å². The van der Waals surface area contributed by atoms with Crippen LogP contribution in [0.4, 0.5) is 0 Å². The van der Waals surface area contributed by atoms with Crippen LogP contribution < -0.4 is 9.47 Å². The summed E-state index contributed by atoms with van der Waals surface area (Å²) >= 11 is 0. The molecule has 5 nitrogen and oxygen atoms in total. The number of nitrogens with zero attached hydrogens (tertiary/aromatic N) is 1. The normalized spacial score (nSPS) is 10.6. The summed E-state index contributed by atoms with van der Waals surface area (Å²) in [6.45, 7) is -0.204. The highest BCUT2D eigenvalue weighted by Gasteiger charge is 2.23. The van der Waals surface area contributed by atoms with Gasteiger partial charge < -0.3 is 19.1 Å². The Morgan fingerprint density at radius 3 is 2.17 bits per heavy atom. The number of aromatic nitrogens is 1. The first-order valence-electron chi connectivity index (χ1n) is 7.16. The molecule has 0 aliphatic heterocycles. The molecule has 0 bridgehead atoms. The molecule has 3 rings (SSSR count). The minimum atomic E-state index is -0.204. The molecule has 1 heterocycles. The van der Waals surface area contributed by atoms with Gasteiger partial charge in [-0.25, -0.2) is 0 Å². The number of aliphatic hydroxyl groups is 1. The van der Waals surface area contributed by atoms with Gasteiger partial charge in [-0.05, 0) is 12.1 Å². The van der Waals surface area contributed by atoms with Crippen molar-refractivity contribution in [3.05, 3.63) is 54.1 Å². The Bertz CT molecular complexity index is 774. The van der Waals surface area contributed by atoms with Crippen molar-refractivity contribution in [2.45, 2.75) is 6.61 Å². The van der Waals surface area contributed by atoms with Gasteiger partial charge in [-0.2, -0.15) is 0 Å². The van der Waals surface area contributed by atoms with Crippen molar-refractivity contribution in [2.75, 3.05) is 14.2 Å². The zero-order valence-electron chi connectivity index (χ0n) is 12.9. The molecule has 3 aromatic rings. The van der Waals surface area contributed by atoms with Crippen LogP contribution in [0.5, 0.6) is 11.5 Å². The highest BCUT2D eigenvalue weighted by atomic mass is 16.5. The zero-order valence-corrected chi connectivity index (χ0v) is 12.9. The largest absolute Gasteiger partial charge is 0.496 e. The molecule has 1 N–H and O–H groups in total. The van der Waals surface area contributed by atoms with Gasteiger partial charge in [0.05, 0.1) is 32.0 Å². The van der Waals surface area contributed by atoms with Gasteiger partial charge in [0.25, 0.3) is 0 Å². The average molecular weight is 311 g/mol. The summed E-state index contributed by atoms with van der Waals surface area (Å²) in [6, 6.07) is 15.0. The molecular formula is C18H17NO4. The maximum Gasteiger partial charge on any atom is 0.173 e. The summed E-state index contributed by atoms with van der Waals surface area (Å²) in [7, 11) is 3.16. The van der Waals surface area contributed by atoms with Crippen LogP contribution in [0.1, 0.15) is 5.56 Å². The maximum atomic E-state index is 9.86. The van der Waals surface area contributed by atoms with Gasteiger partial charge in [-0.1, -0.05) is 41.6 Å². The molecule has 0 saturated heterocycles. The van der Waals surface area contributed by atoms with Gasteiger partial charge >= 0.3 is 0 Å². The summed E-state index contributed by atoms with van der Waals surface area (Å²) in [5.41, 5.74) is 2.62. The summed E-state index contributed by atoms with van der Waals surface area (Å²) in [5.74, 6) is 1.75. The highest BCUT2D eigenvalue weighted by Crippen LogP contribution is 2.41. The summed E-state index contributed by atoms with van der Waals surface area (Å²) in [6.07, 6.45) is 0. The van der Waals surface area contributed by atoms with Crippen molar-refractivity contribution in [3.8, 4) is 34.1 Å². The lowest BCUT2D eigenvalue weighted by Crippen LogP contribution is -1.96. The van der Waals surface area contributed by atoms with Crippen molar-refractivity contribution in [3.63, 3.8) is 0 Å². The van der Waals surface area contributed by atoms with Crippen molar-refractivity contribution in [1.82, 2.24) is 5.16 Å². The minimum absolute atomic E-state index is 0.204. The van der Waals surface area contributed by atoms with Gasteiger partial charge in [-0.15, -0.1) is 0 Å². The molecule has 0 radical (unpaired) electrons. The van der Waals surface area contributed by atoms with Crippen LogP contribution in [-0.2, 0) is 6.61 Å². The third-order valence-corrected chi connectivity index (χ3v) is 3.65. The SMILES string of the molecule is COc1cccc(OC)c1-c1noc(-c2ccccc2)c1CO. The fraction of sp³-hybridized carbons (Fsp3) is 0.167. The Morgan fingerprint density at radius 1 is 0.957 bits per heavy atom. The van der Waals surface area contributed by atoms with E-state index < -0.39 is 0 Å². The van der Waals surface area contributed by atoms with Crippen LogP contribution in [-0.4, -0.2) is 24.5 Å². The van der Waals surface area contributed by atoms with Crippen LogP contribution in [0.25, 0.3) is 22.6 Å². The number of hydrogen-bond acceptors (Lipinski definition) is 5. The van der Waals surface area contributed by atoms with Crippen molar-refractivity contribution in [2.24, 2.45) is 0 Å². The predicted octanol–water partition coefficient (Wildman–Crippen LogP) is 3.52. The van der Waals surface area contributed by atoms with E-state index in [0.29, 0.717) is 34.1 Å². The molecule has 0 atom stereocenters. The predicted molar refractivity (Wildman–Crippen MR) is 86.4 cm³/mol. The van der Waals surface area contributed by atoms with E-state index in [-0.39, 0.29) is 6.61 Å². The van der Waals surface area contributed by atoms with Gasteiger partial charge in [0.15, 0.2) is 5.76 Å². The molecule has 0 amide bonds. The maximum absolute atomic E-state index is 9.86. The van der Waals surface area contributed by atoms with Crippen molar-refractivity contribution >= 4 is 0 Å². The average Bonchev–Trinajstić information content (AvgIpc) is 3.05. The minimum Gasteiger partial charge on any atom is -0.496 e. The number of aliphatic hydroxyl groups excluding tert-OH is 1. The lowest BCUT2D eigenvalue weighted by atomic mass is 10.0. The van der Waals surface area contributed by atoms with Gasteiger partial charge in [-0.3, -0.25) is 0 Å². The first-order chi connectivity index (χ1) is 11.3. The molecule has 2 aromatic carbocycles. The smallest absolute Gasteiger partial charge is 0.173 e.